The topological polar surface area (TPSA) is 111 Å². The molecule has 0 bridgehead atoms. The van der Waals surface area contributed by atoms with E-state index in [2.05, 4.69) is 9.72 Å². The fourth-order valence-corrected chi connectivity index (χ4v) is 1.09. The lowest BCUT2D eigenvalue weighted by Crippen LogP contribution is -2.20. The molecule has 1 aromatic rings. The molecular weight excluding hydrogens is 243 g/mol. The van der Waals surface area contributed by atoms with Gasteiger partial charge in [-0.05, 0) is 6.07 Å². The van der Waals surface area contributed by atoms with Gasteiger partial charge in [-0.25, -0.2) is 9.78 Å². The third kappa shape index (κ3) is 3.21. The van der Waals surface area contributed by atoms with Gasteiger partial charge in [0.1, 0.15) is 0 Å². The second kappa shape index (κ2) is 4.45. The molecule has 0 spiro atoms. The van der Waals surface area contributed by atoms with Crippen molar-refractivity contribution in [2.75, 3.05) is 5.73 Å². The molecule has 0 aliphatic carbocycles. The summed E-state index contributed by atoms with van der Waals surface area (Å²) in [6.07, 6.45) is -5.00. The van der Waals surface area contributed by atoms with E-state index in [0.29, 0.717) is 0 Å². The number of carboxylic acid groups (broad SMARTS) is 1. The molecule has 0 fully saturated rings. The number of nitrogens with two attached hydrogens (primary N) is 2. The highest BCUT2D eigenvalue weighted by atomic mass is 19.4. The fourth-order valence-electron chi connectivity index (χ4n) is 1.09. The van der Waals surface area contributed by atoms with E-state index in [-0.39, 0.29) is 12.1 Å². The smallest absolute Gasteiger partial charge is 0.476 e. The number of hydrogen-bond acceptors (Lipinski definition) is 5. The molecule has 6 nitrogen and oxygen atoms in total. The summed E-state index contributed by atoms with van der Waals surface area (Å²) in [4.78, 5) is 13.9. The number of alkyl halides is 3. The predicted molar refractivity (Wildman–Crippen MR) is 50.2 cm³/mol. The van der Waals surface area contributed by atoms with Gasteiger partial charge in [0.15, 0.2) is 5.69 Å². The van der Waals surface area contributed by atoms with Crippen molar-refractivity contribution >= 4 is 11.7 Å². The Bertz CT molecular complexity index is 448. The van der Waals surface area contributed by atoms with E-state index in [1.807, 2.05) is 0 Å². The Hall–Kier alpha value is -2.03. The number of aromatic carboxylic acids is 1. The summed E-state index contributed by atoms with van der Waals surface area (Å²) in [7, 11) is 0. The van der Waals surface area contributed by atoms with E-state index < -0.39 is 29.6 Å². The first-order valence-electron chi connectivity index (χ1n) is 4.23. The van der Waals surface area contributed by atoms with Crippen LogP contribution in [0.2, 0.25) is 0 Å². The highest BCUT2D eigenvalue weighted by Crippen LogP contribution is 2.28. The molecule has 17 heavy (non-hydrogen) atoms. The Morgan fingerprint density at radius 1 is 1.53 bits per heavy atom. The van der Waals surface area contributed by atoms with E-state index >= 15 is 0 Å². The Balaban J connectivity index is 3.25. The van der Waals surface area contributed by atoms with E-state index in [0.717, 1.165) is 6.07 Å². The quantitative estimate of drug-likeness (QED) is 0.729. The van der Waals surface area contributed by atoms with Gasteiger partial charge in [-0.15, -0.1) is 13.2 Å². The lowest BCUT2D eigenvalue weighted by molar-refractivity contribution is -0.275. The molecule has 1 rings (SSSR count). The van der Waals surface area contributed by atoms with Crippen LogP contribution in [0.5, 0.6) is 5.88 Å². The molecule has 5 N–H and O–H groups in total. The number of hydrogen-bond donors (Lipinski definition) is 3. The molecule has 1 aromatic heterocycles. The van der Waals surface area contributed by atoms with E-state index in [4.69, 9.17) is 16.6 Å². The van der Waals surface area contributed by atoms with Crippen molar-refractivity contribution in [1.29, 1.82) is 0 Å². The Morgan fingerprint density at radius 3 is 2.53 bits per heavy atom. The molecular formula is C8H8F3N3O3. The molecule has 9 heteroatoms. The number of aromatic nitrogens is 1. The zero-order chi connectivity index (χ0) is 13.2. The Labute approximate surface area is 93.0 Å². The van der Waals surface area contributed by atoms with Crippen LogP contribution in [0.1, 0.15) is 16.1 Å². The summed E-state index contributed by atoms with van der Waals surface area (Å²) in [6.45, 7) is -0.217. The van der Waals surface area contributed by atoms with Gasteiger partial charge in [0.05, 0.1) is 5.69 Å². The maximum atomic E-state index is 11.9. The van der Waals surface area contributed by atoms with Crippen molar-refractivity contribution in [3.05, 3.63) is 17.3 Å². The maximum absolute atomic E-state index is 11.9. The van der Waals surface area contributed by atoms with E-state index in [1.165, 1.54) is 0 Å². The molecule has 0 amide bonds. The van der Waals surface area contributed by atoms with Gasteiger partial charge < -0.3 is 21.3 Å². The van der Waals surface area contributed by atoms with Crippen LogP contribution in [0.15, 0.2) is 6.07 Å². The monoisotopic (exact) mass is 251 g/mol. The summed E-state index contributed by atoms with van der Waals surface area (Å²) in [5, 5.41) is 8.71. The molecule has 0 aliphatic heterocycles. The molecule has 0 aliphatic rings. The predicted octanol–water partition coefficient (Wildman–Crippen LogP) is 0.719. The van der Waals surface area contributed by atoms with Crippen molar-refractivity contribution in [2.24, 2.45) is 5.73 Å². The summed E-state index contributed by atoms with van der Waals surface area (Å²) in [6, 6.07) is 0.984. The van der Waals surface area contributed by atoms with Crippen molar-refractivity contribution in [1.82, 2.24) is 4.98 Å². The fraction of sp³-hybridized carbons (Fsp3) is 0.250. The van der Waals surface area contributed by atoms with Crippen LogP contribution in [0, 0.1) is 0 Å². The number of carboxylic acids is 1. The standard InChI is InChI=1S/C8H8F3N3O3/c9-8(10,11)17-6-4(13)1-3(2-12)5(14-6)7(15)16/h1H,2,12-13H2,(H,15,16). The maximum Gasteiger partial charge on any atom is 0.574 e. The number of rotatable bonds is 3. The molecule has 0 unspecified atom stereocenters. The second-order valence-corrected chi connectivity index (χ2v) is 2.95. The van der Waals surface area contributed by atoms with Gasteiger partial charge in [-0.2, -0.15) is 0 Å². The zero-order valence-corrected chi connectivity index (χ0v) is 8.28. The summed E-state index contributed by atoms with van der Waals surface area (Å²) in [5.74, 6) is -2.52. The molecule has 0 radical (unpaired) electrons. The van der Waals surface area contributed by atoms with Crippen LogP contribution < -0.4 is 16.2 Å². The van der Waals surface area contributed by atoms with Crippen LogP contribution in [0.3, 0.4) is 0 Å². The number of ether oxygens (including phenoxy) is 1. The average molecular weight is 251 g/mol. The van der Waals surface area contributed by atoms with Gasteiger partial charge in [0, 0.05) is 12.1 Å². The number of anilines is 1. The van der Waals surface area contributed by atoms with Crippen molar-refractivity contribution < 1.29 is 27.8 Å². The molecule has 0 aromatic carbocycles. The normalized spacial score (nSPS) is 11.3. The lowest BCUT2D eigenvalue weighted by atomic mass is 10.2. The van der Waals surface area contributed by atoms with Gasteiger partial charge in [-0.1, -0.05) is 0 Å². The first kappa shape index (κ1) is 13.0. The number of pyridine rings is 1. The molecule has 94 valence electrons. The Morgan fingerprint density at radius 2 is 2.12 bits per heavy atom. The molecule has 0 saturated carbocycles. The van der Waals surface area contributed by atoms with Gasteiger partial charge >= 0.3 is 12.3 Å². The van der Waals surface area contributed by atoms with Crippen LogP contribution in [0.25, 0.3) is 0 Å². The van der Waals surface area contributed by atoms with Gasteiger partial charge in [0.2, 0.25) is 5.88 Å². The minimum atomic E-state index is -5.00. The van der Waals surface area contributed by atoms with Gasteiger partial charge in [-0.3, -0.25) is 0 Å². The van der Waals surface area contributed by atoms with E-state index in [9.17, 15) is 18.0 Å². The number of carbonyl (C=O) groups is 1. The average Bonchev–Trinajstić information content (AvgIpc) is 2.18. The van der Waals surface area contributed by atoms with Crippen LogP contribution in [-0.2, 0) is 6.54 Å². The summed E-state index contributed by atoms with van der Waals surface area (Å²) >= 11 is 0. The molecule has 0 saturated heterocycles. The first-order valence-corrected chi connectivity index (χ1v) is 4.23. The minimum absolute atomic E-state index is 0.0181. The molecule has 0 atom stereocenters. The van der Waals surface area contributed by atoms with Crippen molar-refractivity contribution in [3.8, 4) is 5.88 Å². The second-order valence-electron chi connectivity index (χ2n) is 2.95. The molecule has 1 heterocycles. The van der Waals surface area contributed by atoms with Crippen LogP contribution >= 0.6 is 0 Å². The number of nitrogens with zero attached hydrogens (tertiary/aromatic N) is 1. The Kier molecular flexibility index (Phi) is 3.42. The van der Waals surface area contributed by atoms with Crippen LogP contribution in [0.4, 0.5) is 18.9 Å². The summed E-state index contributed by atoms with van der Waals surface area (Å²) in [5.41, 5.74) is 9.41. The third-order valence-electron chi connectivity index (χ3n) is 1.73. The third-order valence-corrected chi connectivity index (χ3v) is 1.73. The number of halogens is 3. The summed E-state index contributed by atoms with van der Waals surface area (Å²) < 4.78 is 39.3. The largest absolute Gasteiger partial charge is 0.574 e. The minimum Gasteiger partial charge on any atom is -0.476 e. The highest BCUT2D eigenvalue weighted by molar-refractivity contribution is 5.88. The zero-order valence-electron chi connectivity index (χ0n) is 8.28. The van der Waals surface area contributed by atoms with Gasteiger partial charge in [0.25, 0.3) is 0 Å². The SMILES string of the molecule is NCc1cc(N)c(OC(F)(F)F)nc1C(=O)O. The first-order chi connectivity index (χ1) is 7.74. The highest BCUT2D eigenvalue weighted by Gasteiger charge is 2.33. The van der Waals surface area contributed by atoms with Crippen molar-refractivity contribution in [2.45, 2.75) is 12.9 Å². The van der Waals surface area contributed by atoms with Crippen LogP contribution in [-0.4, -0.2) is 22.4 Å². The van der Waals surface area contributed by atoms with Crippen molar-refractivity contribution in [3.63, 3.8) is 0 Å². The number of nitrogen functional groups attached to an aromatic ring is 1. The lowest BCUT2D eigenvalue weighted by Gasteiger charge is -2.12. The van der Waals surface area contributed by atoms with E-state index in [1.54, 1.807) is 0 Å².